The molecule has 28 heavy (non-hydrogen) atoms. The van der Waals surface area contributed by atoms with Crippen LogP contribution in [0.4, 0.5) is 5.69 Å². The summed E-state index contributed by atoms with van der Waals surface area (Å²) in [4.78, 5) is 16.2. The van der Waals surface area contributed by atoms with E-state index in [0.29, 0.717) is 23.1 Å². The van der Waals surface area contributed by atoms with Crippen LogP contribution in [-0.2, 0) is 9.54 Å². The minimum absolute atomic E-state index is 0.0281. The van der Waals surface area contributed by atoms with Crippen molar-refractivity contribution < 1.29 is 14.3 Å². The van der Waals surface area contributed by atoms with Crippen LogP contribution in [0.1, 0.15) is 18.1 Å². The van der Waals surface area contributed by atoms with Crippen LogP contribution in [0.15, 0.2) is 53.5 Å². The summed E-state index contributed by atoms with van der Waals surface area (Å²) in [7, 11) is 3.21. The van der Waals surface area contributed by atoms with E-state index in [1.54, 1.807) is 19.1 Å². The van der Waals surface area contributed by atoms with Crippen LogP contribution in [0, 0.1) is 0 Å². The molecule has 2 aromatic rings. The molecule has 6 heteroatoms. The number of halogens is 1. The van der Waals surface area contributed by atoms with Gasteiger partial charge in [0.15, 0.2) is 11.5 Å². The molecule has 2 aliphatic heterocycles. The molecule has 1 unspecified atom stereocenters. The first-order chi connectivity index (χ1) is 13.6. The topological polar surface area (TPSA) is 38.8 Å². The molecule has 0 saturated carbocycles. The van der Waals surface area contributed by atoms with Gasteiger partial charge < -0.3 is 14.4 Å². The Hall–Kier alpha value is -2.37. The third-order valence-electron chi connectivity index (χ3n) is 5.03. The summed E-state index contributed by atoms with van der Waals surface area (Å²) >= 11 is 7.81. The first-order valence-electron chi connectivity index (χ1n) is 8.97. The molecule has 0 aliphatic carbocycles. The molecular formula is C22H20ClNO3S. The average molecular weight is 414 g/mol. The van der Waals surface area contributed by atoms with Crippen LogP contribution in [0.3, 0.4) is 0 Å². The number of methoxy groups -OCH3 is 2. The number of anilines is 1. The molecule has 2 heterocycles. The van der Waals surface area contributed by atoms with Gasteiger partial charge in [-0.2, -0.15) is 0 Å². The third kappa shape index (κ3) is 2.73. The van der Waals surface area contributed by atoms with E-state index in [4.69, 9.17) is 21.1 Å². The van der Waals surface area contributed by atoms with Crippen LogP contribution in [0.2, 0.25) is 5.02 Å². The van der Waals surface area contributed by atoms with Crippen LogP contribution in [0.25, 0.3) is 6.08 Å². The van der Waals surface area contributed by atoms with E-state index in [-0.39, 0.29) is 5.91 Å². The SMILES string of the molecule is CCN1C(=O)C2(C=C/C(=C/c3ccccc3Cl)S2)c2c1ccc(OC)c2OC. The van der Waals surface area contributed by atoms with Crippen molar-refractivity contribution in [1.82, 2.24) is 0 Å². The van der Waals surface area contributed by atoms with Crippen molar-refractivity contribution in [3.05, 3.63) is 69.6 Å². The van der Waals surface area contributed by atoms with E-state index in [9.17, 15) is 4.79 Å². The van der Waals surface area contributed by atoms with Gasteiger partial charge in [-0.3, -0.25) is 4.79 Å². The zero-order valence-corrected chi connectivity index (χ0v) is 17.4. The van der Waals surface area contributed by atoms with E-state index in [0.717, 1.165) is 21.7 Å². The number of hydrogen-bond donors (Lipinski definition) is 0. The molecule has 0 radical (unpaired) electrons. The zero-order valence-electron chi connectivity index (χ0n) is 15.9. The monoisotopic (exact) mass is 413 g/mol. The van der Waals surface area contributed by atoms with Crippen LogP contribution >= 0.6 is 23.4 Å². The van der Waals surface area contributed by atoms with Gasteiger partial charge in [-0.25, -0.2) is 0 Å². The van der Waals surface area contributed by atoms with Gasteiger partial charge >= 0.3 is 0 Å². The van der Waals surface area contributed by atoms with E-state index in [1.807, 2.05) is 61.5 Å². The van der Waals surface area contributed by atoms with Crippen molar-refractivity contribution in [2.45, 2.75) is 11.7 Å². The molecule has 1 spiro atoms. The van der Waals surface area contributed by atoms with Crippen molar-refractivity contribution in [3.8, 4) is 11.5 Å². The number of hydrogen-bond acceptors (Lipinski definition) is 4. The number of carbonyl (C=O) groups excluding carboxylic acids is 1. The highest BCUT2D eigenvalue weighted by Crippen LogP contribution is 2.60. The summed E-state index contributed by atoms with van der Waals surface area (Å²) in [6.07, 6.45) is 5.94. The molecule has 1 amide bonds. The summed E-state index contributed by atoms with van der Waals surface area (Å²) < 4.78 is 10.3. The maximum atomic E-state index is 13.5. The second-order valence-electron chi connectivity index (χ2n) is 6.48. The number of rotatable bonds is 4. The Balaban J connectivity index is 1.85. The molecule has 1 atom stereocenters. The lowest BCUT2D eigenvalue weighted by molar-refractivity contribution is -0.119. The van der Waals surface area contributed by atoms with Gasteiger partial charge in [-0.15, -0.1) is 0 Å². The van der Waals surface area contributed by atoms with Crippen LogP contribution in [-0.4, -0.2) is 26.7 Å². The normalized spacial score (nSPS) is 21.6. The molecule has 0 aromatic heterocycles. The van der Waals surface area contributed by atoms with E-state index >= 15 is 0 Å². The van der Waals surface area contributed by atoms with Crippen molar-refractivity contribution in [1.29, 1.82) is 0 Å². The van der Waals surface area contributed by atoms with Crippen molar-refractivity contribution in [2.24, 2.45) is 0 Å². The van der Waals surface area contributed by atoms with Gasteiger partial charge in [0.05, 0.1) is 25.5 Å². The predicted octanol–water partition coefficient (Wildman–Crippen LogP) is 5.26. The molecule has 0 fully saturated rings. The fraction of sp³-hybridized carbons (Fsp3) is 0.227. The Morgan fingerprint density at radius 2 is 1.96 bits per heavy atom. The second kappa shape index (κ2) is 7.22. The van der Waals surface area contributed by atoms with Gasteiger partial charge in [0.1, 0.15) is 4.75 Å². The Bertz CT molecular complexity index is 1020. The van der Waals surface area contributed by atoms with Gasteiger partial charge in [0.2, 0.25) is 0 Å². The van der Waals surface area contributed by atoms with Gasteiger partial charge in [-0.1, -0.05) is 53.7 Å². The first kappa shape index (κ1) is 19.0. The van der Waals surface area contributed by atoms with Gasteiger partial charge in [0, 0.05) is 16.5 Å². The number of carbonyl (C=O) groups is 1. The first-order valence-corrected chi connectivity index (χ1v) is 10.2. The summed E-state index contributed by atoms with van der Waals surface area (Å²) in [5, 5.41) is 0.678. The number of allylic oxidation sites excluding steroid dienone is 1. The summed E-state index contributed by atoms with van der Waals surface area (Å²) in [5.74, 6) is 1.24. The maximum Gasteiger partial charge on any atom is 0.252 e. The summed E-state index contributed by atoms with van der Waals surface area (Å²) in [6, 6.07) is 11.4. The van der Waals surface area contributed by atoms with Gasteiger partial charge in [0.25, 0.3) is 5.91 Å². The lowest BCUT2D eigenvalue weighted by Crippen LogP contribution is -2.35. The molecule has 4 nitrogen and oxygen atoms in total. The minimum atomic E-state index is -0.863. The quantitative estimate of drug-likeness (QED) is 0.685. The van der Waals surface area contributed by atoms with Gasteiger partial charge in [-0.05, 0) is 36.8 Å². The Morgan fingerprint density at radius 3 is 2.64 bits per heavy atom. The molecule has 4 rings (SSSR count). The van der Waals surface area contributed by atoms with Crippen molar-refractivity contribution in [3.63, 3.8) is 0 Å². The molecule has 2 aromatic carbocycles. The third-order valence-corrected chi connectivity index (χ3v) is 6.70. The van der Waals surface area contributed by atoms with E-state index in [1.165, 1.54) is 11.8 Å². The fourth-order valence-corrected chi connectivity index (χ4v) is 5.27. The van der Waals surface area contributed by atoms with E-state index in [2.05, 4.69) is 0 Å². The Kier molecular flexibility index (Phi) is 4.89. The molecule has 0 bridgehead atoms. The number of likely N-dealkylation sites (N-methyl/N-ethyl adjacent to an activating group) is 1. The lowest BCUT2D eigenvalue weighted by atomic mass is 9.97. The molecule has 2 aliphatic rings. The number of fused-ring (bicyclic) bond motifs is 2. The highest BCUT2D eigenvalue weighted by atomic mass is 35.5. The number of amides is 1. The maximum absolute atomic E-state index is 13.5. The van der Waals surface area contributed by atoms with Crippen molar-refractivity contribution in [2.75, 3.05) is 25.7 Å². The standard InChI is InChI=1S/C22H20ClNO3S/c1-4-24-17-9-10-18(26-2)20(27-3)19(17)22(21(24)25)12-11-15(28-22)13-14-7-5-6-8-16(14)23/h5-13H,4H2,1-3H3/b15-13-. The predicted molar refractivity (Wildman–Crippen MR) is 115 cm³/mol. The fourth-order valence-electron chi connectivity index (χ4n) is 3.76. The minimum Gasteiger partial charge on any atom is -0.493 e. The zero-order chi connectivity index (χ0) is 19.9. The smallest absolute Gasteiger partial charge is 0.252 e. The summed E-state index contributed by atoms with van der Waals surface area (Å²) in [5.41, 5.74) is 2.62. The number of ether oxygens (including phenoxy) is 2. The van der Waals surface area contributed by atoms with E-state index < -0.39 is 4.75 Å². The molecular weight excluding hydrogens is 394 g/mol. The highest BCUT2D eigenvalue weighted by molar-refractivity contribution is 8.05. The molecule has 144 valence electrons. The molecule has 0 saturated heterocycles. The lowest BCUT2D eigenvalue weighted by Gasteiger charge is -2.22. The number of nitrogens with zero attached hydrogens (tertiary/aromatic N) is 1. The average Bonchev–Trinajstić information content (AvgIpc) is 3.23. The highest BCUT2D eigenvalue weighted by Gasteiger charge is 2.54. The van der Waals surface area contributed by atoms with Crippen LogP contribution in [0.5, 0.6) is 11.5 Å². The Morgan fingerprint density at radius 1 is 1.18 bits per heavy atom. The number of thioether (sulfide) groups is 1. The van der Waals surface area contributed by atoms with Crippen molar-refractivity contribution >= 4 is 41.0 Å². The summed E-state index contributed by atoms with van der Waals surface area (Å²) in [6.45, 7) is 2.56. The second-order valence-corrected chi connectivity index (χ2v) is 8.21. The molecule has 0 N–H and O–H groups in total. The Labute approximate surface area is 173 Å². The number of benzene rings is 2. The van der Waals surface area contributed by atoms with Crippen LogP contribution < -0.4 is 14.4 Å². The largest absolute Gasteiger partial charge is 0.493 e.